The van der Waals surface area contributed by atoms with Gasteiger partial charge >= 0.3 is 17.9 Å². The Hall–Kier alpha value is -2.88. The van der Waals surface area contributed by atoms with Crippen LogP contribution < -0.4 is 5.32 Å². The molecule has 3 N–H and O–H groups in total. The van der Waals surface area contributed by atoms with Gasteiger partial charge in [0.05, 0.1) is 20.6 Å². The lowest BCUT2D eigenvalue weighted by Crippen LogP contribution is -2.54. The Morgan fingerprint density at radius 3 is 2.27 bits per heavy atom. The molecule has 10 heteroatoms. The first kappa shape index (κ1) is 26.4. The third kappa shape index (κ3) is 5.93. The number of esters is 3. The number of amides is 1. The fourth-order valence-corrected chi connectivity index (χ4v) is 4.05. The molecule has 0 bridgehead atoms. The van der Waals surface area contributed by atoms with Crippen LogP contribution in [0.1, 0.15) is 74.3 Å². The lowest BCUT2D eigenvalue weighted by molar-refractivity contribution is -0.150. The van der Waals surface area contributed by atoms with Crippen LogP contribution in [0.4, 0.5) is 0 Å². The molecule has 2 heterocycles. The normalized spacial score (nSPS) is 22.6. The summed E-state index contributed by atoms with van der Waals surface area (Å²) in [4.78, 5) is 51.8. The molecule has 0 aliphatic carbocycles. The van der Waals surface area contributed by atoms with Crippen molar-refractivity contribution in [3.63, 3.8) is 0 Å². The molecule has 0 unspecified atom stereocenters. The van der Waals surface area contributed by atoms with Crippen molar-refractivity contribution in [2.24, 2.45) is 5.41 Å². The molecule has 10 nitrogen and oxygen atoms in total. The second kappa shape index (κ2) is 9.54. The van der Waals surface area contributed by atoms with Crippen LogP contribution in [0.25, 0.3) is 0 Å². The summed E-state index contributed by atoms with van der Waals surface area (Å²) in [7, 11) is 2.53. The van der Waals surface area contributed by atoms with Gasteiger partial charge in [0.2, 0.25) is 5.91 Å². The number of aromatic amines is 1. The zero-order valence-electron chi connectivity index (χ0n) is 20.3. The second-order valence-electron chi connectivity index (χ2n) is 9.74. The maximum atomic E-state index is 12.9. The van der Waals surface area contributed by atoms with Gasteiger partial charge in [0.1, 0.15) is 17.0 Å². The van der Waals surface area contributed by atoms with E-state index < -0.39 is 40.6 Å². The van der Waals surface area contributed by atoms with Crippen molar-refractivity contribution < 1.29 is 38.5 Å². The number of methoxy groups -OCH3 is 2. The monoisotopic (exact) mass is 466 g/mol. The number of hydrogen-bond acceptors (Lipinski definition) is 8. The van der Waals surface area contributed by atoms with Gasteiger partial charge in [-0.05, 0) is 45.2 Å². The highest BCUT2D eigenvalue weighted by molar-refractivity contribution is 5.90. The van der Waals surface area contributed by atoms with E-state index in [-0.39, 0.29) is 37.8 Å². The predicted octanol–water partition coefficient (Wildman–Crippen LogP) is 1.70. The zero-order chi connectivity index (χ0) is 25.2. The number of carbonyl (C=O) groups excluding carboxylic acids is 4. The van der Waals surface area contributed by atoms with Crippen molar-refractivity contribution in [3.05, 3.63) is 22.5 Å². The van der Waals surface area contributed by atoms with E-state index in [2.05, 4.69) is 10.3 Å². The van der Waals surface area contributed by atoms with Crippen LogP contribution in [0.15, 0.2) is 0 Å². The highest BCUT2D eigenvalue weighted by Crippen LogP contribution is 2.44. The summed E-state index contributed by atoms with van der Waals surface area (Å²) in [6, 6.07) is 0. The Bertz CT molecular complexity index is 945. The Kier molecular flexibility index (Phi) is 7.63. The van der Waals surface area contributed by atoms with Gasteiger partial charge in [0, 0.05) is 30.4 Å². The van der Waals surface area contributed by atoms with Crippen molar-refractivity contribution in [1.29, 1.82) is 0 Å². The van der Waals surface area contributed by atoms with Crippen LogP contribution >= 0.6 is 0 Å². The Morgan fingerprint density at radius 2 is 1.73 bits per heavy atom. The molecule has 1 aromatic rings. The number of aromatic nitrogens is 1. The number of hydrogen-bond donors (Lipinski definition) is 3. The predicted molar refractivity (Wildman–Crippen MR) is 117 cm³/mol. The molecule has 0 aromatic carbocycles. The van der Waals surface area contributed by atoms with Gasteiger partial charge in [-0.3, -0.25) is 14.4 Å². The average molecular weight is 467 g/mol. The molecular formula is C23H34N2O8. The first-order chi connectivity index (χ1) is 15.1. The van der Waals surface area contributed by atoms with Crippen molar-refractivity contribution >= 4 is 23.8 Å². The van der Waals surface area contributed by atoms with Gasteiger partial charge in [-0.2, -0.15) is 0 Å². The third-order valence-corrected chi connectivity index (χ3v) is 5.98. The molecule has 2 atom stereocenters. The molecule has 1 aromatic heterocycles. The maximum Gasteiger partial charge on any atom is 0.355 e. The molecule has 1 saturated heterocycles. The highest BCUT2D eigenvalue weighted by Gasteiger charge is 2.56. The average Bonchev–Trinajstić information content (AvgIpc) is 3.10. The molecule has 1 amide bonds. The van der Waals surface area contributed by atoms with Crippen molar-refractivity contribution in [2.45, 2.75) is 78.0 Å². The third-order valence-electron chi connectivity index (χ3n) is 5.98. The van der Waals surface area contributed by atoms with Gasteiger partial charge in [-0.1, -0.05) is 6.92 Å². The fourth-order valence-electron chi connectivity index (χ4n) is 4.05. The number of aliphatic hydroxyl groups is 1. The van der Waals surface area contributed by atoms with Gasteiger partial charge < -0.3 is 29.6 Å². The van der Waals surface area contributed by atoms with E-state index in [1.54, 1.807) is 34.6 Å². The van der Waals surface area contributed by atoms with E-state index in [9.17, 15) is 24.3 Å². The van der Waals surface area contributed by atoms with Gasteiger partial charge in [-0.15, -0.1) is 0 Å². The lowest BCUT2D eigenvalue weighted by Gasteiger charge is -2.37. The summed E-state index contributed by atoms with van der Waals surface area (Å²) in [5.74, 6) is -1.98. The molecule has 0 radical (unpaired) electrons. The van der Waals surface area contributed by atoms with Crippen molar-refractivity contribution in [3.8, 4) is 0 Å². The van der Waals surface area contributed by atoms with E-state index in [1.807, 2.05) is 0 Å². The Morgan fingerprint density at radius 1 is 1.12 bits per heavy atom. The number of ether oxygens (including phenoxy) is 3. The zero-order valence-corrected chi connectivity index (χ0v) is 20.3. The van der Waals surface area contributed by atoms with Crippen LogP contribution in [0.3, 0.4) is 0 Å². The summed E-state index contributed by atoms with van der Waals surface area (Å²) < 4.78 is 15.0. The number of nitrogens with one attached hydrogen (secondary N) is 2. The first-order valence-electron chi connectivity index (χ1n) is 10.8. The summed E-state index contributed by atoms with van der Waals surface area (Å²) in [6.45, 7) is 8.61. The van der Waals surface area contributed by atoms with Crippen LogP contribution in [-0.2, 0) is 41.4 Å². The molecule has 33 heavy (non-hydrogen) atoms. The van der Waals surface area contributed by atoms with Crippen LogP contribution in [0.2, 0.25) is 0 Å². The number of carbonyl (C=O) groups is 4. The van der Waals surface area contributed by atoms with E-state index >= 15 is 0 Å². The summed E-state index contributed by atoms with van der Waals surface area (Å²) in [6.07, 6.45) is -0.0650. The molecule has 2 rings (SSSR count). The standard InChI is InChI=1S/C23H34N2O8/c1-13-14(8-9-17(27)31-6)19(20(29)33-21(2,3)4)24-15(13)10-23(30)22(5,11-16(26)25-23)12-18(28)32-7/h24,30H,8-12H2,1-7H3,(H,25,26)/t22-,23-/m1/s1. The van der Waals surface area contributed by atoms with E-state index in [1.165, 1.54) is 14.2 Å². The van der Waals surface area contributed by atoms with Gasteiger partial charge in [0.25, 0.3) is 0 Å². The quantitative estimate of drug-likeness (QED) is 0.388. The number of rotatable bonds is 8. The largest absolute Gasteiger partial charge is 0.469 e. The molecule has 1 fully saturated rings. The minimum atomic E-state index is -1.77. The number of H-pyrrole nitrogens is 1. The highest BCUT2D eigenvalue weighted by atomic mass is 16.6. The van der Waals surface area contributed by atoms with Gasteiger partial charge in [-0.25, -0.2) is 4.79 Å². The van der Waals surface area contributed by atoms with Crippen LogP contribution in [0, 0.1) is 12.3 Å². The van der Waals surface area contributed by atoms with Gasteiger partial charge in [0.15, 0.2) is 0 Å². The maximum absolute atomic E-state index is 12.9. The Labute approximate surface area is 193 Å². The Balaban J connectivity index is 2.46. The molecule has 0 spiro atoms. The molecule has 184 valence electrons. The topological polar surface area (TPSA) is 144 Å². The smallest absolute Gasteiger partial charge is 0.355 e. The molecule has 0 saturated carbocycles. The SMILES string of the molecule is COC(=O)CCc1c(C(=O)OC(C)(C)C)[nH]c(C[C@]2(O)NC(=O)C[C@]2(C)CC(=O)OC)c1C. The van der Waals surface area contributed by atoms with Crippen LogP contribution in [0.5, 0.6) is 0 Å². The summed E-state index contributed by atoms with van der Waals surface area (Å²) in [5, 5.41) is 14.0. The minimum absolute atomic E-state index is 0.0471. The molecular weight excluding hydrogens is 432 g/mol. The summed E-state index contributed by atoms with van der Waals surface area (Å²) >= 11 is 0. The first-order valence-corrected chi connectivity index (χ1v) is 10.8. The summed E-state index contributed by atoms with van der Waals surface area (Å²) in [5.41, 5.74) is -1.78. The second-order valence-corrected chi connectivity index (χ2v) is 9.74. The van der Waals surface area contributed by atoms with Crippen molar-refractivity contribution in [1.82, 2.24) is 10.3 Å². The fraction of sp³-hybridized carbons (Fsp3) is 0.652. The van der Waals surface area contributed by atoms with Crippen molar-refractivity contribution in [2.75, 3.05) is 14.2 Å². The van der Waals surface area contributed by atoms with Crippen LogP contribution in [-0.4, -0.2) is 59.5 Å². The lowest BCUT2D eigenvalue weighted by atomic mass is 9.74. The molecule has 1 aliphatic heterocycles. The molecule has 1 aliphatic rings. The minimum Gasteiger partial charge on any atom is -0.469 e. The van der Waals surface area contributed by atoms with E-state index in [4.69, 9.17) is 14.2 Å². The van der Waals surface area contributed by atoms with E-state index in [0.29, 0.717) is 16.8 Å². The van der Waals surface area contributed by atoms with E-state index in [0.717, 1.165) is 0 Å².